The second kappa shape index (κ2) is 9.06. The third-order valence-electron chi connectivity index (χ3n) is 5.55. The fourth-order valence-electron chi connectivity index (χ4n) is 3.88. The van der Waals surface area contributed by atoms with Crippen molar-refractivity contribution in [2.24, 2.45) is 0 Å². The maximum atomic E-state index is 6.30. The Hall–Kier alpha value is -2.92. The molecule has 0 radical (unpaired) electrons. The first-order valence-electron chi connectivity index (χ1n) is 10.7. The van der Waals surface area contributed by atoms with Crippen LogP contribution in [0.5, 0.6) is 5.75 Å². The van der Waals surface area contributed by atoms with Crippen molar-refractivity contribution in [1.29, 1.82) is 0 Å². The Morgan fingerprint density at radius 1 is 1.26 bits per heavy atom. The van der Waals surface area contributed by atoms with Gasteiger partial charge in [-0.1, -0.05) is 51.1 Å². The van der Waals surface area contributed by atoms with Crippen molar-refractivity contribution < 1.29 is 9.15 Å². The summed E-state index contributed by atoms with van der Waals surface area (Å²) >= 11 is 1.79. The number of thiophene rings is 1. The Kier molecular flexibility index (Phi) is 6.23. The molecule has 3 aromatic rings. The maximum absolute atomic E-state index is 6.30. The van der Waals surface area contributed by atoms with Gasteiger partial charge in [0.25, 0.3) is 0 Å². The summed E-state index contributed by atoms with van der Waals surface area (Å²) < 4.78 is 11.9. The van der Waals surface area contributed by atoms with Crippen LogP contribution in [-0.2, 0) is 6.61 Å². The van der Waals surface area contributed by atoms with Crippen molar-refractivity contribution in [2.45, 2.75) is 53.1 Å². The predicted molar refractivity (Wildman–Crippen MR) is 127 cm³/mol. The van der Waals surface area contributed by atoms with Crippen molar-refractivity contribution >= 4 is 16.9 Å². The van der Waals surface area contributed by atoms with E-state index < -0.39 is 0 Å². The van der Waals surface area contributed by atoms with E-state index in [1.54, 1.807) is 18.3 Å². The first-order chi connectivity index (χ1) is 15.0. The second-order valence-corrected chi connectivity index (χ2v) is 8.89. The highest BCUT2D eigenvalue weighted by molar-refractivity contribution is 7.11. The van der Waals surface area contributed by atoms with Crippen LogP contribution in [-0.4, -0.2) is 10.2 Å². The van der Waals surface area contributed by atoms with Gasteiger partial charge < -0.3 is 9.15 Å². The molecule has 0 bridgehead atoms. The number of benzene rings is 1. The summed E-state index contributed by atoms with van der Waals surface area (Å²) in [6, 6.07) is 5.99. The molecule has 160 valence electrons. The zero-order valence-corrected chi connectivity index (χ0v) is 19.4. The van der Waals surface area contributed by atoms with E-state index in [2.05, 4.69) is 54.2 Å². The molecule has 1 atom stereocenters. The van der Waals surface area contributed by atoms with Crippen LogP contribution in [0.25, 0.3) is 17.0 Å². The summed E-state index contributed by atoms with van der Waals surface area (Å²) in [6.07, 6.45) is 8.74. The molecular formula is C26H28N2O2S. The summed E-state index contributed by atoms with van der Waals surface area (Å²) in [5, 5.41) is 10.3. The average molecular weight is 433 g/mol. The predicted octanol–water partition coefficient (Wildman–Crippen LogP) is 7.41. The Morgan fingerprint density at radius 2 is 2.10 bits per heavy atom. The standard InChI is InChI=1S/C26H28N2O2S/c1-6-8-16(2)22-10-7-9-18(4)24-21(15-31-25(22)24)14-29-23-13-20(12-11-17(23)3)26-28-27-19(5)30-26/h7,9-13,15,18H,2,6,8,14H2,1,3-5H3. The Balaban J connectivity index is 1.60. The number of fused-ring (bicyclic) bond motifs is 1. The quantitative estimate of drug-likeness (QED) is 0.390. The van der Waals surface area contributed by atoms with Crippen LogP contribution in [0.4, 0.5) is 0 Å². The minimum absolute atomic E-state index is 0.330. The molecule has 1 aliphatic rings. The largest absolute Gasteiger partial charge is 0.489 e. The molecule has 1 aromatic carbocycles. The summed E-state index contributed by atoms with van der Waals surface area (Å²) in [7, 11) is 0. The number of aryl methyl sites for hydroxylation is 2. The van der Waals surface area contributed by atoms with E-state index in [4.69, 9.17) is 9.15 Å². The number of allylic oxidation sites excluding steroid dienone is 5. The highest BCUT2D eigenvalue weighted by atomic mass is 32.1. The van der Waals surface area contributed by atoms with Gasteiger partial charge in [-0.3, -0.25) is 0 Å². The number of hydrogen-bond donors (Lipinski definition) is 0. The fraction of sp³-hybridized carbons (Fsp3) is 0.308. The molecule has 0 spiro atoms. The molecule has 0 amide bonds. The van der Waals surface area contributed by atoms with E-state index in [9.17, 15) is 0 Å². The topological polar surface area (TPSA) is 48.2 Å². The normalized spacial score (nSPS) is 15.4. The Labute approximate surface area is 188 Å². The number of hydrogen-bond acceptors (Lipinski definition) is 5. The molecule has 0 saturated heterocycles. The van der Waals surface area contributed by atoms with E-state index in [1.165, 1.54) is 27.2 Å². The first-order valence-corrected chi connectivity index (χ1v) is 11.6. The molecule has 2 heterocycles. The van der Waals surface area contributed by atoms with Gasteiger partial charge >= 0.3 is 0 Å². The maximum Gasteiger partial charge on any atom is 0.247 e. The molecule has 0 saturated carbocycles. The molecule has 31 heavy (non-hydrogen) atoms. The third kappa shape index (κ3) is 4.42. The molecule has 2 aromatic heterocycles. The SMILES string of the molecule is C=C(CCC)C1=CC=CC(C)c2c(COc3cc(-c4nnc(C)o4)ccc3C)csc21. The van der Waals surface area contributed by atoms with Gasteiger partial charge in [0.2, 0.25) is 11.8 Å². The first kappa shape index (κ1) is 21.3. The molecule has 1 unspecified atom stereocenters. The lowest BCUT2D eigenvalue weighted by molar-refractivity contribution is 0.303. The van der Waals surface area contributed by atoms with Crippen LogP contribution in [0.3, 0.4) is 0 Å². The average Bonchev–Trinajstić information content (AvgIpc) is 3.33. The van der Waals surface area contributed by atoms with Crippen molar-refractivity contribution in [3.05, 3.63) is 81.4 Å². The Morgan fingerprint density at radius 3 is 2.84 bits per heavy atom. The monoisotopic (exact) mass is 432 g/mol. The third-order valence-corrected chi connectivity index (χ3v) is 6.63. The fourth-order valence-corrected chi connectivity index (χ4v) is 5.12. The highest BCUT2D eigenvalue weighted by Crippen LogP contribution is 2.41. The van der Waals surface area contributed by atoms with Gasteiger partial charge in [0, 0.05) is 28.8 Å². The summed E-state index contributed by atoms with van der Waals surface area (Å²) in [5.74, 6) is 2.22. The summed E-state index contributed by atoms with van der Waals surface area (Å²) in [5.41, 5.74) is 6.99. The van der Waals surface area contributed by atoms with Crippen LogP contribution in [0, 0.1) is 13.8 Å². The minimum Gasteiger partial charge on any atom is -0.489 e. The smallest absolute Gasteiger partial charge is 0.247 e. The van der Waals surface area contributed by atoms with Gasteiger partial charge in [-0.05, 0) is 53.1 Å². The lowest BCUT2D eigenvalue weighted by atomic mass is 9.93. The van der Waals surface area contributed by atoms with Crippen molar-refractivity contribution in [1.82, 2.24) is 10.2 Å². The van der Waals surface area contributed by atoms with Crippen LogP contribution >= 0.6 is 11.3 Å². The number of ether oxygens (including phenoxy) is 1. The number of nitrogens with zero attached hydrogens (tertiary/aromatic N) is 2. The molecule has 4 nitrogen and oxygen atoms in total. The summed E-state index contributed by atoms with van der Waals surface area (Å²) in [6.45, 7) is 13.1. The van der Waals surface area contributed by atoms with E-state index in [-0.39, 0.29) is 0 Å². The molecule has 0 fully saturated rings. The zero-order chi connectivity index (χ0) is 22.0. The van der Waals surface area contributed by atoms with Gasteiger partial charge in [0.15, 0.2) is 0 Å². The van der Waals surface area contributed by atoms with Crippen molar-refractivity contribution in [2.75, 3.05) is 0 Å². The molecule has 5 heteroatoms. The molecular weight excluding hydrogens is 404 g/mol. The molecule has 1 aliphatic carbocycles. The van der Waals surface area contributed by atoms with Gasteiger partial charge in [-0.15, -0.1) is 21.5 Å². The van der Waals surface area contributed by atoms with Crippen molar-refractivity contribution in [3.8, 4) is 17.2 Å². The minimum atomic E-state index is 0.330. The van der Waals surface area contributed by atoms with E-state index >= 15 is 0 Å². The van der Waals surface area contributed by atoms with Crippen LogP contribution < -0.4 is 4.74 Å². The van der Waals surface area contributed by atoms with Crippen LogP contribution in [0.1, 0.15) is 60.1 Å². The lowest BCUT2D eigenvalue weighted by Gasteiger charge is -2.15. The molecule has 0 aliphatic heterocycles. The van der Waals surface area contributed by atoms with E-state index in [0.29, 0.717) is 24.3 Å². The van der Waals surface area contributed by atoms with Crippen molar-refractivity contribution in [3.63, 3.8) is 0 Å². The van der Waals surface area contributed by atoms with Gasteiger partial charge in [-0.25, -0.2) is 0 Å². The number of aromatic nitrogens is 2. The zero-order valence-electron chi connectivity index (χ0n) is 18.6. The second-order valence-electron chi connectivity index (χ2n) is 8.01. The van der Waals surface area contributed by atoms with Gasteiger partial charge in [-0.2, -0.15) is 0 Å². The molecule has 0 N–H and O–H groups in total. The van der Waals surface area contributed by atoms with E-state index in [1.807, 2.05) is 25.1 Å². The van der Waals surface area contributed by atoms with Gasteiger partial charge in [0.05, 0.1) is 0 Å². The number of rotatable bonds is 7. The van der Waals surface area contributed by atoms with Crippen LogP contribution in [0.15, 0.2) is 58.4 Å². The molecule has 4 rings (SSSR count). The van der Waals surface area contributed by atoms with Gasteiger partial charge in [0.1, 0.15) is 12.4 Å². The highest BCUT2D eigenvalue weighted by Gasteiger charge is 2.22. The lowest BCUT2D eigenvalue weighted by Crippen LogP contribution is -2.02. The Bertz CT molecular complexity index is 1170. The summed E-state index contributed by atoms with van der Waals surface area (Å²) in [4.78, 5) is 1.32. The van der Waals surface area contributed by atoms with E-state index in [0.717, 1.165) is 29.7 Å². The van der Waals surface area contributed by atoms with Crippen LogP contribution in [0.2, 0.25) is 0 Å².